The van der Waals surface area contributed by atoms with Gasteiger partial charge in [-0.2, -0.15) is 0 Å². The number of amides is 1. The van der Waals surface area contributed by atoms with Crippen LogP contribution < -0.4 is 18.9 Å². The van der Waals surface area contributed by atoms with Crippen LogP contribution in [-0.2, 0) is 4.79 Å². The number of methoxy groups -OCH3 is 1. The fourth-order valence-electron chi connectivity index (χ4n) is 2.91. The molecular weight excluding hydrogens is 434 g/mol. The topological polar surface area (TPSA) is 57.2 Å². The molecule has 8 heteroatoms. The van der Waals surface area contributed by atoms with Crippen molar-refractivity contribution in [1.29, 1.82) is 0 Å². The van der Waals surface area contributed by atoms with Crippen LogP contribution in [0.25, 0.3) is 6.08 Å². The van der Waals surface area contributed by atoms with Gasteiger partial charge in [-0.1, -0.05) is 30.0 Å². The summed E-state index contributed by atoms with van der Waals surface area (Å²) in [6.07, 6.45) is 1.83. The van der Waals surface area contributed by atoms with Crippen LogP contribution in [-0.4, -0.2) is 48.6 Å². The Labute approximate surface area is 192 Å². The number of carbonyl (C=O) groups is 1. The molecular formula is C23H25NO5S2. The van der Waals surface area contributed by atoms with Crippen molar-refractivity contribution in [3.8, 4) is 23.0 Å². The smallest absolute Gasteiger partial charge is 0.266 e. The second-order valence-corrected chi connectivity index (χ2v) is 8.11. The lowest BCUT2D eigenvalue weighted by molar-refractivity contribution is -0.121. The molecule has 0 saturated carbocycles. The van der Waals surface area contributed by atoms with Gasteiger partial charge in [-0.05, 0) is 61.9 Å². The van der Waals surface area contributed by atoms with E-state index in [-0.39, 0.29) is 5.91 Å². The van der Waals surface area contributed by atoms with Crippen molar-refractivity contribution in [1.82, 2.24) is 4.90 Å². The predicted molar refractivity (Wildman–Crippen MR) is 127 cm³/mol. The number of carbonyl (C=O) groups excluding carboxylic acids is 1. The first kappa shape index (κ1) is 23.0. The maximum absolute atomic E-state index is 12.4. The average Bonchev–Trinajstić information content (AvgIpc) is 3.05. The minimum absolute atomic E-state index is 0.0635. The summed E-state index contributed by atoms with van der Waals surface area (Å²) in [5.74, 6) is 2.70. The number of thiocarbonyl (C=S) groups is 1. The molecule has 31 heavy (non-hydrogen) atoms. The summed E-state index contributed by atoms with van der Waals surface area (Å²) in [7, 11) is 1.63. The average molecular weight is 460 g/mol. The molecule has 2 aromatic rings. The Balaban J connectivity index is 1.62. The highest BCUT2D eigenvalue weighted by Crippen LogP contribution is 2.34. The molecule has 1 heterocycles. The fraction of sp³-hybridized carbons (Fsp3) is 0.304. The van der Waals surface area contributed by atoms with Gasteiger partial charge in [0.1, 0.15) is 29.0 Å². The van der Waals surface area contributed by atoms with Crippen molar-refractivity contribution in [2.75, 3.05) is 33.5 Å². The van der Waals surface area contributed by atoms with Crippen LogP contribution in [0.2, 0.25) is 0 Å². The number of nitrogens with zero attached hydrogens (tertiary/aromatic N) is 1. The van der Waals surface area contributed by atoms with Crippen LogP contribution in [0.5, 0.6) is 23.0 Å². The van der Waals surface area contributed by atoms with Gasteiger partial charge in [0.15, 0.2) is 11.5 Å². The number of ether oxygens (including phenoxy) is 4. The first-order valence-corrected chi connectivity index (χ1v) is 11.2. The predicted octanol–water partition coefficient (Wildman–Crippen LogP) is 4.77. The summed E-state index contributed by atoms with van der Waals surface area (Å²) in [5, 5.41) is 0. The van der Waals surface area contributed by atoms with E-state index >= 15 is 0 Å². The number of thioether (sulfide) groups is 1. The van der Waals surface area contributed by atoms with Gasteiger partial charge in [0, 0.05) is 6.54 Å². The van der Waals surface area contributed by atoms with Gasteiger partial charge in [0.25, 0.3) is 5.91 Å². The largest absolute Gasteiger partial charge is 0.497 e. The van der Waals surface area contributed by atoms with E-state index in [9.17, 15) is 4.79 Å². The van der Waals surface area contributed by atoms with Crippen LogP contribution in [0, 0.1) is 0 Å². The molecule has 1 fully saturated rings. The summed E-state index contributed by atoms with van der Waals surface area (Å²) in [5.41, 5.74) is 0.849. The van der Waals surface area contributed by atoms with Crippen molar-refractivity contribution >= 4 is 40.3 Å². The summed E-state index contributed by atoms with van der Waals surface area (Å²) < 4.78 is 23.0. The van der Waals surface area contributed by atoms with E-state index in [1.54, 1.807) is 12.0 Å². The van der Waals surface area contributed by atoms with Crippen molar-refractivity contribution in [3.63, 3.8) is 0 Å². The van der Waals surface area contributed by atoms with Crippen LogP contribution in [0.1, 0.15) is 19.4 Å². The van der Waals surface area contributed by atoms with Crippen molar-refractivity contribution in [2.24, 2.45) is 0 Å². The van der Waals surface area contributed by atoms with E-state index in [0.717, 1.165) is 17.1 Å². The van der Waals surface area contributed by atoms with Crippen LogP contribution in [0.15, 0.2) is 47.4 Å². The lowest BCUT2D eigenvalue weighted by Gasteiger charge is -2.13. The number of hydrogen-bond acceptors (Lipinski definition) is 7. The highest BCUT2D eigenvalue weighted by Gasteiger charge is 2.30. The summed E-state index contributed by atoms with van der Waals surface area (Å²) in [6, 6.07) is 13.0. The summed E-state index contributed by atoms with van der Waals surface area (Å²) in [6.45, 7) is 5.64. The molecule has 0 N–H and O–H groups in total. The van der Waals surface area contributed by atoms with Crippen LogP contribution >= 0.6 is 24.0 Å². The highest BCUT2D eigenvalue weighted by atomic mass is 32.2. The van der Waals surface area contributed by atoms with Crippen LogP contribution in [0.4, 0.5) is 0 Å². The molecule has 1 saturated heterocycles. The number of hydrogen-bond donors (Lipinski definition) is 0. The standard InChI is InChI=1S/C23H25NO5S2/c1-4-24-22(25)21(31-23(24)30)15-16-6-11-19(20(14-16)27-5-2)29-13-12-28-18-9-7-17(26-3)8-10-18/h6-11,14-15H,4-5,12-13H2,1-3H3. The monoisotopic (exact) mass is 459 g/mol. The molecule has 0 aromatic heterocycles. The van der Waals surface area contributed by atoms with E-state index in [2.05, 4.69) is 0 Å². The zero-order valence-electron chi connectivity index (χ0n) is 17.8. The van der Waals surface area contributed by atoms with Gasteiger partial charge >= 0.3 is 0 Å². The normalized spacial score (nSPS) is 14.8. The molecule has 6 nitrogen and oxygen atoms in total. The third kappa shape index (κ3) is 5.92. The molecule has 0 spiro atoms. The quantitative estimate of drug-likeness (QED) is 0.288. The van der Waals surface area contributed by atoms with Gasteiger partial charge in [-0.15, -0.1) is 0 Å². The minimum atomic E-state index is -0.0635. The van der Waals surface area contributed by atoms with Gasteiger partial charge in [0.05, 0.1) is 18.6 Å². The van der Waals surface area contributed by atoms with E-state index < -0.39 is 0 Å². The summed E-state index contributed by atoms with van der Waals surface area (Å²) in [4.78, 5) is 14.6. The lowest BCUT2D eigenvalue weighted by atomic mass is 10.2. The van der Waals surface area contributed by atoms with E-state index in [1.807, 2.05) is 62.4 Å². The highest BCUT2D eigenvalue weighted by molar-refractivity contribution is 8.26. The molecule has 1 aliphatic rings. The Morgan fingerprint density at radius 1 is 0.968 bits per heavy atom. The third-order valence-corrected chi connectivity index (χ3v) is 5.80. The number of benzene rings is 2. The van der Waals surface area contributed by atoms with Crippen molar-refractivity contribution in [3.05, 3.63) is 52.9 Å². The third-order valence-electron chi connectivity index (χ3n) is 4.42. The number of likely N-dealkylation sites (N-methyl/N-ethyl adjacent to an activating group) is 1. The van der Waals surface area contributed by atoms with Gasteiger partial charge in [-0.3, -0.25) is 9.69 Å². The SMILES string of the molecule is CCOc1cc(C=C2SC(=S)N(CC)C2=O)ccc1OCCOc1ccc(OC)cc1. The molecule has 0 unspecified atom stereocenters. The first-order valence-electron chi connectivity index (χ1n) is 9.97. The van der Waals surface area contributed by atoms with Crippen molar-refractivity contribution in [2.45, 2.75) is 13.8 Å². The van der Waals surface area contributed by atoms with E-state index in [0.29, 0.717) is 47.1 Å². The maximum Gasteiger partial charge on any atom is 0.266 e. The second-order valence-electron chi connectivity index (χ2n) is 6.44. The Hall–Kier alpha value is -2.71. The zero-order valence-corrected chi connectivity index (χ0v) is 19.4. The fourth-order valence-corrected chi connectivity index (χ4v) is 4.29. The lowest BCUT2D eigenvalue weighted by Crippen LogP contribution is -2.27. The molecule has 0 atom stereocenters. The first-order chi connectivity index (χ1) is 15.0. The molecule has 164 valence electrons. The van der Waals surface area contributed by atoms with Gasteiger partial charge in [-0.25, -0.2) is 0 Å². The van der Waals surface area contributed by atoms with E-state index in [1.165, 1.54) is 11.8 Å². The second kappa shape index (κ2) is 11.1. The van der Waals surface area contributed by atoms with Crippen molar-refractivity contribution < 1.29 is 23.7 Å². The zero-order chi connectivity index (χ0) is 22.2. The Morgan fingerprint density at radius 3 is 2.32 bits per heavy atom. The van der Waals surface area contributed by atoms with Gasteiger partial charge < -0.3 is 18.9 Å². The molecule has 3 rings (SSSR count). The number of rotatable bonds is 10. The summed E-state index contributed by atoms with van der Waals surface area (Å²) >= 11 is 6.58. The van der Waals surface area contributed by atoms with Crippen LogP contribution in [0.3, 0.4) is 0 Å². The minimum Gasteiger partial charge on any atom is -0.497 e. The Morgan fingerprint density at radius 2 is 1.68 bits per heavy atom. The Kier molecular flexibility index (Phi) is 8.20. The molecule has 1 aliphatic heterocycles. The van der Waals surface area contributed by atoms with E-state index in [4.69, 9.17) is 31.2 Å². The van der Waals surface area contributed by atoms with Gasteiger partial charge in [0.2, 0.25) is 0 Å². The molecule has 0 aliphatic carbocycles. The maximum atomic E-state index is 12.4. The Bertz CT molecular complexity index is 959. The molecule has 0 bridgehead atoms. The molecule has 0 radical (unpaired) electrons. The molecule has 2 aromatic carbocycles. The molecule has 1 amide bonds.